The minimum Gasteiger partial charge on any atom is -0.481 e. The standard InChI is InChI=1S/C59H57F3N4O3S2Si/c1-39(2)34-57(35-40(3)4)50-33-52(41-24-26-44(27-25-41)66(8)30-31-67-72(56(5,6)7,46-20-14-10-15-21-46)47-22-16-11-17-23-47)71-54(50)55-51(68-57)32-45(70-55)28-29-49-48(38-65)53(42(36-63)37-64)69-58(49,59(60,61)62)43-18-12-9-13-19-43/h9-29,32-33,39-40H,30-31,34-35H2,1-8H3/b29-28+. The second-order valence-electron chi connectivity index (χ2n) is 20.3. The Hall–Kier alpha value is -6.66. The van der Waals surface area contributed by atoms with E-state index in [4.69, 9.17) is 13.9 Å². The Morgan fingerprint density at radius 1 is 0.750 bits per heavy atom. The van der Waals surface area contributed by atoms with Crippen LogP contribution in [0.2, 0.25) is 5.04 Å². The first-order chi connectivity index (χ1) is 34.3. The van der Waals surface area contributed by atoms with Crippen molar-refractivity contribution in [2.45, 2.75) is 83.7 Å². The number of hydrogen-bond acceptors (Lipinski definition) is 9. The lowest BCUT2D eigenvalue weighted by Gasteiger charge is -2.43. The topological polar surface area (TPSA) is 102 Å². The van der Waals surface area contributed by atoms with Crippen LogP contribution in [-0.2, 0) is 20.4 Å². The maximum atomic E-state index is 15.6. The Labute approximate surface area is 430 Å². The number of alkyl halides is 3. The van der Waals surface area contributed by atoms with Crippen LogP contribution >= 0.6 is 22.7 Å². The Morgan fingerprint density at radius 3 is 1.83 bits per heavy atom. The number of thiophene rings is 2. The number of hydrogen-bond donors (Lipinski definition) is 0. The SMILES string of the molecule is CC(C)CC1(CC(C)C)Oc2cc(/C=C/C3=C(C#N)C(=C(C#N)C#N)OC3(c3ccccc3)C(F)(F)F)sc2-c2sc(-c3ccc(N(C)CCO[Si](c4ccccc4)(c4ccccc4)C(C)(C)C)cc3)cc21. The molecule has 13 heteroatoms. The van der Waals surface area contributed by atoms with Crippen LogP contribution in [0, 0.1) is 45.8 Å². The van der Waals surface area contributed by atoms with E-state index < -0.39 is 48.2 Å². The molecule has 6 aromatic rings. The number of rotatable bonds is 15. The van der Waals surface area contributed by atoms with Gasteiger partial charge in [0.15, 0.2) is 11.3 Å². The number of nitrogens with zero attached hydrogens (tertiary/aromatic N) is 4. The maximum absolute atomic E-state index is 15.6. The monoisotopic (exact) mass is 1020 g/mol. The molecule has 0 saturated heterocycles. The van der Waals surface area contributed by atoms with E-state index in [9.17, 15) is 15.8 Å². The van der Waals surface area contributed by atoms with Gasteiger partial charge in [-0.05, 0) is 76.0 Å². The second kappa shape index (κ2) is 20.5. The van der Waals surface area contributed by atoms with Crippen LogP contribution in [0.25, 0.3) is 26.3 Å². The summed E-state index contributed by atoms with van der Waals surface area (Å²) in [4.78, 5) is 5.79. The number of benzene rings is 4. The van der Waals surface area contributed by atoms with Crippen LogP contribution in [0.5, 0.6) is 5.75 Å². The first-order valence-corrected chi connectivity index (χ1v) is 27.6. The normalized spacial score (nSPS) is 16.4. The minimum absolute atomic E-state index is 0.132. The highest BCUT2D eigenvalue weighted by molar-refractivity contribution is 7.24. The summed E-state index contributed by atoms with van der Waals surface area (Å²) in [6.07, 6.45) is -0.862. The van der Waals surface area contributed by atoms with Gasteiger partial charge in [0.1, 0.15) is 35.1 Å². The summed E-state index contributed by atoms with van der Waals surface area (Å²) < 4.78 is 66.8. The Bertz CT molecular complexity index is 3090. The zero-order chi connectivity index (χ0) is 51.6. The summed E-state index contributed by atoms with van der Waals surface area (Å²) in [7, 11) is -0.609. The fourth-order valence-electron chi connectivity index (χ4n) is 10.4. The molecule has 368 valence electrons. The molecule has 72 heavy (non-hydrogen) atoms. The van der Waals surface area contributed by atoms with E-state index in [1.54, 1.807) is 29.5 Å². The molecule has 0 amide bonds. The first-order valence-electron chi connectivity index (χ1n) is 24.1. The van der Waals surface area contributed by atoms with E-state index >= 15 is 13.2 Å². The van der Waals surface area contributed by atoms with Gasteiger partial charge in [-0.25, -0.2) is 0 Å². The van der Waals surface area contributed by atoms with Crippen molar-refractivity contribution < 1.29 is 27.1 Å². The van der Waals surface area contributed by atoms with Gasteiger partial charge in [0.05, 0.1) is 16.4 Å². The zero-order valence-electron chi connectivity index (χ0n) is 41.7. The highest BCUT2D eigenvalue weighted by Gasteiger charge is 2.65. The lowest BCUT2D eigenvalue weighted by Crippen LogP contribution is -2.67. The molecule has 4 aromatic carbocycles. The number of fused-ring (bicyclic) bond motifs is 3. The largest absolute Gasteiger partial charge is 0.481 e. The van der Waals surface area contributed by atoms with Gasteiger partial charge in [0.25, 0.3) is 13.9 Å². The van der Waals surface area contributed by atoms with Gasteiger partial charge in [0, 0.05) is 45.7 Å². The third-order valence-corrected chi connectivity index (χ3v) is 20.8. The van der Waals surface area contributed by atoms with Gasteiger partial charge in [0.2, 0.25) is 0 Å². The fourth-order valence-corrected chi connectivity index (χ4v) is 17.4. The maximum Gasteiger partial charge on any atom is 0.437 e. The molecule has 7 nitrogen and oxygen atoms in total. The molecular formula is C59H57F3N4O3S2Si. The molecule has 4 heterocycles. The van der Waals surface area contributed by atoms with Crippen LogP contribution in [0.4, 0.5) is 18.9 Å². The summed E-state index contributed by atoms with van der Waals surface area (Å²) in [6.45, 7) is 16.8. The first kappa shape index (κ1) is 51.7. The summed E-state index contributed by atoms with van der Waals surface area (Å²) in [6, 6.07) is 46.1. The summed E-state index contributed by atoms with van der Waals surface area (Å²) >= 11 is 3.06. The Morgan fingerprint density at radius 2 is 1.32 bits per heavy atom. The van der Waals surface area contributed by atoms with Crippen molar-refractivity contribution in [3.05, 3.63) is 172 Å². The van der Waals surface area contributed by atoms with Gasteiger partial charge in [-0.1, -0.05) is 158 Å². The van der Waals surface area contributed by atoms with Crippen LogP contribution in [0.15, 0.2) is 156 Å². The van der Waals surface area contributed by atoms with Crippen molar-refractivity contribution >= 4 is 53.1 Å². The minimum atomic E-state index is -5.10. The molecule has 8 rings (SSSR count). The lowest BCUT2D eigenvalue weighted by atomic mass is 9.78. The molecular weight excluding hydrogens is 962 g/mol. The van der Waals surface area contributed by atoms with Crippen LogP contribution in [0.3, 0.4) is 0 Å². The van der Waals surface area contributed by atoms with E-state index in [1.807, 2.05) is 12.1 Å². The molecule has 0 radical (unpaired) electrons. The molecule has 2 aliphatic rings. The predicted octanol–water partition coefficient (Wildman–Crippen LogP) is 14.5. The Balaban J connectivity index is 1.13. The molecule has 2 aliphatic heterocycles. The predicted molar refractivity (Wildman–Crippen MR) is 286 cm³/mol. The molecule has 0 bridgehead atoms. The van der Waals surface area contributed by atoms with Gasteiger partial charge in [-0.3, -0.25) is 0 Å². The van der Waals surface area contributed by atoms with Crippen molar-refractivity contribution in [1.82, 2.24) is 0 Å². The number of anilines is 1. The quantitative estimate of drug-likeness (QED) is 0.0746. The van der Waals surface area contributed by atoms with Gasteiger partial charge >= 0.3 is 6.18 Å². The van der Waals surface area contributed by atoms with Crippen molar-refractivity contribution in [2.24, 2.45) is 11.8 Å². The summed E-state index contributed by atoms with van der Waals surface area (Å²) in [5, 5.41) is 32.2. The van der Waals surface area contributed by atoms with Crippen LogP contribution < -0.4 is 20.0 Å². The smallest absolute Gasteiger partial charge is 0.437 e. The number of halogens is 3. The van der Waals surface area contributed by atoms with Crippen molar-refractivity contribution in [3.8, 4) is 44.2 Å². The molecule has 0 N–H and O–H groups in total. The summed E-state index contributed by atoms with van der Waals surface area (Å²) in [5.41, 5.74) is -2.74. The van der Waals surface area contributed by atoms with Gasteiger partial charge < -0.3 is 18.8 Å². The molecule has 1 unspecified atom stereocenters. The highest BCUT2D eigenvalue weighted by atomic mass is 32.1. The third-order valence-electron chi connectivity index (χ3n) is 13.4. The average Bonchev–Trinajstić information content (AvgIpc) is 4.07. The third kappa shape index (κ3) is 9.46. The van der Waals surface area contributed by atoms with Crippen LogP contribution in [-0.4, -0.2) is 34.7 Å². The lowest BCUT2D eigenvalue weighted by molar-refractivity contribution is -0.249. The number of allylic oxidation sites excluding steroid dienone is 2. The molecule has 0 saturated carbocycles. The molecule has 2 aromatic heterocycles. The van der Waals surface area contributed by atoms with E-state index in [2.05, 4.69) is 151 Å². The number of nitriles is 3. The Kier molecular flexibility index (Phi) is 14.7. The van der Waals surface area contributed by atoms with Crippen LogP contribution in [0.1, 0.15) is 77.3 Å². The summed E-state index contributed by atoms with van der Waals surface area (Å²) in [5.74, 6) is 0.477. The van der Waals surface area contributed by atoms with E-state index in [-0.39, 0.29) is 22.4 Å². The molecule has 0 aliphatic carbocycles. The van der Waals surface area contributed by atoms with Gasteiger partial charge in [-0.15, -0.1) is 22.7 Å². The van der Waals surface area contributed by atoms with Crippen molar-refractivity contribution in [2.75, 3.05) is 25.1 Å². The number of likely N-dealkylation sites (N-methyl/N-ethyl adjacent to an activating group) is 1. The van der Waals surface area contributed by atoms with Crippen molar-refractivity contribution in [1.29, 1.82) is 15.8 Å². The average molecular weight is 1020 g/mol. The zero-order valence-corrected chi connectivity index (χ0v) is 44.4. The van der Waals surface area contributed by atoms with Crippen molar-refractivity contribution in [3.63, 3.8) is 0 Å². The fraction of sp³-hybridized carbons (Fsp3) is 0.305. The molecule has 0 fully saturated rings. The van der Waals surface area contributed by atoms with E-state index in [1.165, 1.54) is 58.1 Å². The molecule has 0 spiro atoms. The number of ether oxygens (including phenoxy) is 2. The second-order valence-corrected chi connectivity index (χ2v) is 26.7. The van der Waals surface area contributed by atoms with Gasteiger partial charge in [-0.2, -0.15) is 29.0 Å². The molecule has 1 atom stereocenters. The van der Waals surface area contributed by atoms with E-state index in [0.29, 0.717) is 23.8 Å². The highest BCUT2D eigenvalue weighted by Crippen LogP contribution is 2.59. The van der Waals surface area contributed by atoms with E-state index in [0.717, 1.165) is 44.3 Å².